The summed E-state index contributed by atoms with van der Waals surface area (Å²) in [4.78, 5) is 37.6. The highest BCUT2D eigenvalue weighted by Crippen LogP contribution is 2.42. The predicted octanol–water partition coefficient (Wildman–Crippen LogP) is 3.21. The maximum absolute atomic E-state index is 12.6. The lowest BCUT2D eigenvalue weighted by Gasteiger charge is -2.19. The number of amides is 1. The molecule has 1 aliphatic heterocycles. The number of carboxylic acid groups (broad SMARTS) is 2. The van der Waals surface area contributed by atoms with Gasteiger partial charge in [0.25, 0.3) is 5.91 Å². The van der Waals surface area contributed by atoms with Gasteiger partial charge in [-0.3, -0.25) is 9.59 Å². The number of nitrogens with zero attached hydrogens (tertiary/aromatic N) is 2. The molecule has 2 aromatic rings. The van der Waals surface area contributed by atoms with Crippen LogP contribution in [0.3, 0.4) is 0 Å². The van der Waals surface area contributed by atoms with E-state index in [1.165, 1.54) is 6.07 Å². The Morgan fingerprint density at radius 1 is 0.946 bits per heavy atom. The van der Waals surface area contributed by atoms with Gasteiger partial charge in [0.1, 0.15) is 25.4 Å². The van der Waals surface area contributed by atoms with E-state index in [9.17, 15) is 19.5 Å². The Kier molecular flexibility index (Phi) is 6.97. The molecule has 1 heterocycles. The molecule has 0 fully saturated rings. The van der Waals surface area contributed by atoms with Crippen LogP contribution in [0.2, 0.25) is 0 Å². The van der Waals surface area contributed by atoms with Crippen molar-refractivity contribution in [1.29, 1.82) is 0 Å². The SMILES string of the molecule is CN(C)c1ccc2c(-c3ccc(C(=O)NCCC(=O)O)cc3C(=O)O)c3ccc(=[N+](C)C)cc-3oc2c1. The third-order valence-electron chi connectivity index (χ3n) is 6.13. The molecule has 1 aliphatic carbocycles. The van der Waals surface area contributed by atoms with Gasteiger partial charge in [-0.1, -0.05) is 6.07 Å². The molecule has 4 rings (SSSR count). The summed E-state index contributed by atoms with van der Waals surface area (Å²) in [5.41, 5.74) is 3.46. The fraction of sp³-hybridized carbons (Fsp3) is 0.214. The minimum Gasteiger partial charge on any atom is -0.481 e. The summed E-state index contributed by atoms with van der Waals surface area (Å²) in [6.45, 7) is -0.0593. The van der Waals surface area contributed by atoms with Crippen LogP contribution in [0.5, 0.6) is 0 Å². The van der Waals surface area contributed by atoms with Gasteiger partial charge < -0.3 is 24.8 Å². The fourth-order valence-corrected chi connectivity index (χ4v) is 4.18. The molecule has 0 saturated carbocycles. The van der Waals surface area contributed by atoms with Crippen molar-refractivity contribution in [2.75, 3.05) is 39.6 Å². The molecule has 0 unspecified atom stereocenters. The van der Waals surface area contributed by atoms with Crippen LogP contribution in [-0.4, -0.2) is 62.8 Å². The summed E-state index contributed by atoms with van der Waals surface area (Å²) in [7, 11) is 7.71. The summed E-state index contributed by atoms with van der Waals surface area (Å²) in [5.74, 6) is -2.17. The zero-order chi connectivity index (χ0) is 26.9. The molecule has 2 aliphatic rings. The summed E-state index contributed by atoms with van der Waals surface area (Å²) in [6.07, 6.45) is -0.231. The van der Waals surface area contributed by atoms with Crippen molar-refractivity contribution in [3.63, 3.8) is 0 Å². The van der Waals surface area contributed by atoms with E-state index in [4.69, 9.17) is 9.52 Å². The van der Waals surface area contributed by atoms with Crippen LogP contribution in [-0.2, 0) is 4.79 Å². The first-order valence-electron chi connectivity index (χ1n) is 11.6. The van der Waals surface area contributed by atoms with E-state index in [-0.39, 0.29) is 24.1 Å². The zero-order valence-electron chi connectivity index (χ0n) is 21.0. The number of hydrogen-bond acceptors (Lipinski definition) is 5. The third kappa shape index (κ3) is 5.16. The monoisotopic (exact) mass is 502 g/mol. The maximum Gasteiger partial charge on any atom is 0.336 e. The molecular weight excluding hydrogens is 474 g/mol. The first-order valence-corrected chi connectivity index (χ1v) is 11.6. The molecule has 0 radical (unpaired) electrons. The van der Waals surface area contributed by atoms with Crippen LogP contribution in [0.4, 0.5) is 5.69 Å². The molecule has 37 heavy (non-hydrogen) atoms. The van der Waals surface area contributed by atoms with Crippen molar-refractivity contribution in [2.24, 2.45) is 0 Å². The summed E-state index contributed by atoms with van der Waals surface area (Å²) in [5, 5.41) is 23.1. The molecule has 0 bridgehead atoms. The van der Waals surface area contributed by atoms with Crippen molar-refractivity contribution in [1.82, 2.24) is 9.89 Å². The maximum atomic E-state index is 12.6. The van der Waals surface area contributed by atoms with Crippen molar-refractivity contribution in [3.05, 3.63) is 71.1 Å². The van der Waals surface area contributed by atoms with Crippen LogP contribution in [0.25, 0.3) is 33.4 Å². The van der Waals surface area contributed by atoms with Crippen LogP contribution >= 0.6 is 0 Å². The summed E-state index contributed by atoms with van der Waals surface area (Å²) in [6, 6.07) is 16.0. The van der Waals surface area contributed by atoms with Gasteiger partial charge in [0.05, 0.1) is 18.1 Å². The Morgan fingerprint density at radius 2 is 1.68 bits per heavy atom. The topological polar surface area (TPSA) is 123 Å². The lowest BCUT2D eigenvalue weighted by Crippen LogP contribution is -2.26. The second kappa shape index (κ2) is 10.1. The normalized spacial score (nSPS) is 10.9. The van der Waals surface area contributed by atoms with Gasteiger partial charge in [-0.05, 0) is 35.9 Å². The van der Waals surface area contributed by atoms with E-state index in [1.807, 2.05) is 74.1 Å². The number of carbonyl (C=O) groups excluding carboxylic acids is 1. The van der Waals surface area contributed by atoms with Gasteiger partial charge in [0, 0.05) is 60.5 Å². The average Bonchev–Trinajstić information content (AvgIpc) is 2.85. The molecule has 2 aromatic carbocycles. The first-order chi connectivity index (χ1) is 17.6. The summed E-state index contributed by atoms with van der Waals surface area (Å²) < 4.78 is 8.26. The van der Waals surface area contributed by atoms with Crippen LogP contribution < -0.4 is 20.1 Å². The Hall–Kier alpha value is -4.66. The van der Waals surface area contributed by atoms with Crippen molar-refractivity contribution in [2.45, 2.75) is 6.42 Å². The predicted molar refractivity (Wildman–Crippen MR) is 141 cm³/mol. The number of rotatable bonds is 7. The molecule has 0 spiro atoms. The second-order valence-electron chi connectivity index (χ2n) is 9.09. The van der Waals surface area contributed by atoms with Gasteiger partial charge in [0.2, 0.25) is 5.36 Å². The fourth-order valence-electron chi connectivity index (χ4n) is 4.18. The molecule has 1 amide bonds. The molecule has 9 nitrogen and oxygen atoms in total. The average molecular weight is 503 g/mol. The second-order valence-corrected chi connectivity index (χ2v) is 9.09. The minimum absolute atomic E-state index is 0.0481. The lowest BCUT2D eigenvalue weighted by molar-refractivity contribution is -0.136. The number of fused-ring (bicyclic) bond motifs is 2. The first kappa shape index (κ1) is 25.4. The van der Waals surface area contributed by atoms with Crippen molar-refractivity contribution in [3.8, 4) is 22.5 Å². The molecule has 190 valence electrons. The molecule has 0 aromatic heterocycles. The van der Waals surface area contributed by atoms with Gasteiger partial charge >= 0.3 is 11.9 Å². The number of aromatic carboxylic acids is 1. The van der Waals surface area contributed by atoms with Crippen LogP contribution in [0.15, 0.2) is 59.0 Å². The van der Waals surface area contributed by atoms with Crippen LogP contribution in [0.1, 0.15) is 27.1 Å². The Balaban J connectivity index is 1.97. The Bertz CT molecular complexity index is 1580. The van der Waals surface area contributed by atoms with Gasteiger partial charge in [-0.15, -0.1) is 0 Å². The van der Waals surface area contributed by atoms with Gasteiger partial charge in [0.15, 0.2) is 0 Å². The largest absolute Gasteiger partial charge is 0.481 e. The number of carboxylic acids is 2. The van der Waals surface area contributed by atoms with Gasteiger partial charge in [-0.2, -0.15) is 0 Å². The zero-order valence-corrected chi connectivity index (χ0v) is 21.0. The van der Waals surface area contributed by atoms with E-state index in [0.717, 1.165) is 22.0 Å². The number of hydrogen-bond donors (Lipinski definition) is 3. The Labute approximate surface area is 213 Å². The van der Waals surface area contributed by atoms with Crippen molar-refractivity contribution < 1.29 is 29.0 Å². The van der Waals surface area contributed by atoms with E-state index in [1.54, 1.807) is 12.1 Å². The van der Waals surface area contributed by atoms with Gasteiger partial charge in [-0.25, -0.2) is 9.37 Å². The molecule has 0 saturated heterocycles. The number of anilines is 1. The molecule has 9 heteroatoms. The minimum atomic E-state index is -1.19. The summed E-state index contributed by atoms with van der Waals surface area (Å²) >= 11 is 0. The highest BCUT2D eigenvalue weighted by atomic mass is 16.4. The van der Waals surface area contributed by atoms with E-state index >= 15 is 0 Å². The van der Waals surface area contributed by atoms with E-state index < -0.39 is 17.8 Å². The van der Waals surface area contributed by atoms with Crippen LogP contribution in [0, 0.1) is 0 Å². The van der Waals surface area contributed by atoms with Crippen molar-refractivity contribution >= 4 is 34.5 Å². The third-order valence-corrected chi connectivity index (χ3v) is 6.13. The number of benzene rings is 3. The molecule has 3 N–H and O–H groups in total. The number of aliphatic carboxylic acids is 1. The van der Waals surface area contributed by atoms with E-state index in [2.05, 4.69) is 5.32 Å². The Morgan fingerprint density at radius 3 is 2.32 bits per heavy atom. The number of nitrogens with one attached hydrogen (secondary N) is 1. The molecular formula is C28H28N3O6+. The highest BCUT2D eigenvalue weighted by molar-refractivity contribution is 6.09. The van der Waals surface area contributed by atoms with E-state index in [0.29, 0.717) is 22.5 Å². The number of carbonyl (C=O) groups is 3. The lowest BCUT2D eigenvalue weighted by atomic mass is 9.89. The smallest absolute Gasteiger partial charge is 0.336 e. The highest BCUT2D eigenvalue weighted by Gasteiger charge is 2.23. The quantitative estimate of drug-likeness (QED) is 0.262. The molecule has 0 atom stereocenters. The standard InChI is InChI=1S/C28H27N3O6/c1-30(2)17-6-9-20-23(14-17)37-24-15-18(31(3)4)7-10-21(24)26(20)19-8-5-16(13-22(19)28(35)36)27(34)29-12-11-25(32)33/h5-10,13-15H,11-12H2,1-4H3,(H2-,29,32,33,34,35,36)/p+1.